The smallest absolute Gasteiger partial charge is 0.231 e. The van der Waals surface area contributed by atoms with Crippen LogP contribution in [0, 0.1) is 11.7 Å². The second kappa shape index (κ2) is 13.9. The molecule has 1 aliphatic carbocycles. The predicted octanol–water partition coefficient (Wildman–Crippen LogP) is 8.02. The van der Waals surface area contributed by atoms with Crippen molar-refractivity contribution < 1.29 is 14.3 Å². The minimum atomic E-state index is -0.922. The molecule has 0 saturated carbocycles. The highest BCUT2D eigenvalue weighted by atomic mass is 32.2. The molecule has 0 bridgehead atoms. The maximum absolute atomic E-state index is 14.3. The first-order valence-corrected chi connectivity index (χ1v) is 15.4. The Labute approximate surface area is 247 Å². The van der Waals surface area contributed by atoms with E-state index in [1.54, 1.807) is 19.1 Å². The Hall–Kier alpha value is -3.48. The van der Waals surface area contributed by atoms with E-state index in [0.29, 0.717) is 17.1 Å². The van der Waals surface area contributed by atoms with Crippen molar-refractivity contribution >= 4 is 33.6 Å². The fourth-order valence-corrected chi connectivity index (χ4v) is 6.22. The number of aliphatic hydroxyl groups excluding tert-OH is 1. The Morgan fingerprint density at radius 2 is 1.44 bits per heavy atom. The van der Waals surface area contributed by atoms with E-state index in [2.05, 4.69) is 41.5 Å². The van der Waals surface area contributed by atoms with Gasteiger partial charge in [-0.2, -0.15) is 0 Å². The van der Waals surface area contributed by atoms with Crippen LogP contribution in [0.5, 0.6) is 0 Å². The van der Waals surface area contributed by atoms with E-state index < -0.39 is 12.0 Å². The lowest BCUT2D eigenvalue weighted by molar-refractivity contribution is -0.126. The molecule has 6 heteroatoms. The fourth-order valence-electron chi connectivity index (χ4n) is 5.62. The summed E-state index contributed by atoms with van der Waals surface area (Å²) in [7, 11) is 0. The molecule has 0 saturated heterocycles. The van der Waals surface area contributed by atoms with Crippen molar-refractivity contribution in [2.24, 2.45) is 10.9 Å². The second-order valence-corrected chi connectivity index (χ2v) is 11.3. The second-order valence-electron chi connectivity index (χ2n) is 10.0. The summed E-state index contributed by atoms with van der Waals surface area (Å²) in [6.45, 7) is 10.3. The largest absolute Gasteiger partial charge is 0.391 e. The van der Waals surface area contributed by atoms with E-state index in [4.69, 9.17) is 0 Å². The third-order valence-electron chi connectivity index (χ3n) is 7.73. The maximum atomic E-state index is 14.3. The number of thioether (sulfide) groups is 1. The van der Waals surface area contributed by atoms with E-state index in [1.165, 1.54) is 29.0 Å². The third kappa shape index (κ3) is 6.39. The number of amides is 1. The van der Waals surface area contributed by atoms with Crippen LogP contribution in [0.2, 0.25) is 0 Å². The molecule has 0 aliphatic heterocycles. The van der Waals surface area contributed by atoms with Crippen molar-refractivity contribution in [3.05, 3.63) is 119 Å². The summed E-state index contributed by atoms with van der Waals surface area (Å²) >= 11 is 1.44. The zero-order chi connectivity index (χ0) is 29.5. The van der Waals surface area contributed by atoms with Crippen molar-refractivity contribution in [2.45, 2.75) is 59.1 Å². The molecule has 0 radical (unpaired) electrons. The number of nitrogens with one attached hydrogen (secondary N) is 1. The van der Waals surface area contributed by atoms with Gasteiger partial charge in [0.15, 0.2) is 5.17 Å². The summed E-state index contributed by atoms with van der Waals surface area (Å²) in [6, 6.07) is 26.9. The highest BCUT2D eigenvalue weighted by Gasteiger charge is 2.38. The molecule has 41 heavy (non-hydrogen) atoms. The topological polar surface area (TPSA) is 61.7 Å². The Kier molecular flexibility index (Phi) is 10.4. The number of amidine groups is 1. The summed E-state index contributed by atoms with van der Waals surface area (Å²) in [5.41, 5.74) is 5.38. The van der Waals surface area contributed by atoms with E-state index in [9.17, 15) is 14.3 Å². The molecule has 5 rings (SSSR count). The number of carbonyl (C=O) groups excluding carboxylic acids is 1. The van der Waals surface area contributed by atoms with Gasteiger partial charge in [-0.1, -0.05) is 125 Å². The van der Waals surface area contributed by atoms with Crippen LogP contribution in [-0.2, 0) is 11.3 Å². The van der Waals surface area contributed by atoms with Crippen LogP contribution < -0.4 is 5.32 Å². The molecule has 0 spiro atoms. The molecule has 0 fully saturated rings. The number of aliphatic imine (C=N–C) groups is 1. The van der Waals surface area contributed by atoms with Gasteiger partial charge < -0.3 is 10.4 Å². The maximum Gasteiger partial charge on any atom is 0.231 e. The van der Waals surface area contributed by atoms with E-state index in [0.717, 1.165) is 27.8 Å². The predicted molar refractivity (Wildman–Crippen MR) is 170 cm³/mol. The lowest BCUT2D eigenvalue weighted by Gasteiger charge is -2.36. The summed E-state index contributed by atoms with van der Waals surface area (Å²) < 4.78 is 14.3. The van der Waals surface area contributed by atoms with Gasteiger partial charge in [0, 0.05) is 17.2 Å². The number of fused-ring (bicyclic) bond motifs is 3. The molecule has 4 nitrogen and oxygen atoms in total. The van der Waals surface area contributed by atoms with Crippen molar-refractivity contribution in [2.75, 3.05) is 5.75 Å². The minimum Gasteiger partial charge on any atom is -0.391 e. The van der Waals surface area contributed by atoms with Crippen molar-refractivity contribution in [3.63, 3.8) is 0 Å². The van der Waals surface area contributed by atoms with Gasteiger partial charge in [0.1, 0.15) is 5.82 Å². The van der Waals surface area contributed by atoms with Gasteiger partial charge in [-0.05, 0) is 45.0 Å². The first-order chi connectivity index (χ1) is 19.9. The molecule has 1 aliphatic rings. The summed E-state index contributed by atoms with van der Waals surface area (Å²) in [5, 5.41) is 16.5. The lowest BCUT2D eigenvalue weighted by atomic mass is 9.69. The quantitative estimate of drug-likeness (QED) is 0.182. The summed E-state index contributed by atoms with van der Waals surface area (Å²) in [5.74, 6) is -0.593. The monoisotopic (exact) mass is 570 g/mol. The number of halogens is 1. The van der Waals surface area contributed by atoms with Crippen molar-refractivity contribution in [3.8, 4) is 0 Å². The zero-order valence-electron chi connectivity index (χ0n) is 24.4. The van der Waals surface area contributed by atoms with E-state index in [1.807, 2.05) is 63.2 Å². The molecule has 1 amide bonds. The van der Waals surface area contributed by atoms with Gasteiger partial charge >= 0.3 is 0 Å². The van der Waals surface area contributed by atoms with Crippen molar-refractivity contribution in [1.29, 1.82) is 0 Å². The van der Waals surface area contributed by atoms with Crippen LogP contribution >= 0.6 is 11.8 Å². The van der Waals surface area contributed by atoms with Gasteiger partial charge in [0.05, 0.1) is 18.6 Å². The number of hydrogen-bond acceptors (Lipinski definition) is 4. The van der Waals surface area contributed by atoms with E-state index in [-0.39, 0.29) is 23.6 Å². The zero-order valence-corrected chi connectivity index (χ0v) is 25.2. The van der Waals surface area contributed by atoms with Crippen LogP contribution in [0.3, 0.4) is 0 Å². The molecule has 2 atom stereocenters. The van der Waals surface area contributed by atoms with Gasteiger partial charge in [0.25, 0.3) is 0 Å². The molecule has 214 valence electrons. The van der Waals surface area contributed by atoms with Crippen LogP contribution in [0.4, 0.5) is 4.39 Å². The lowest BCUT2D eigenvalue weighted by Crippen LogP contribution is -2.42. The number of aliphatic hydroxyl groups is 1. The number of hydrogen-bond donors (Lipinski definition) is 2. The standard InChI is InChI=1S/C33H33FN2O2S.C2H6/c1-4-39-33(35-19-22-17-18-29(34)26-14-8-7-13-25(22)26)36-32(38)21(3)31(37)30-27-15-9-5-11-23(27)20(2)24-12-6-10-16-28(24)30;1-2/h5-18,20-21,30-31,37H,4,19H2,1-3H3,(H,35,36,38);1-2H3. The molecular formula is C35H39FN2O2S. The SMILES string of the molecule is CC.CCSC(=NCc1ccc(F)c2ccccc12)NC(=O)C(C)C(O)C1c2ccccc2C(C)c2ccccc21. The molecule has 2 N–H and O–H groups in total. The van der Waals surface area contributed by atoms with Gasteiger partial charge in [0.2, 0.25) is 5.91 Å². The van der Waals surface area contributed by atoms with Gasteiger partial charge in [-0.25, -0.2) is 4.39 Å². The fraction of sp³-hybridized carbons (Fsp3) is 0.314. The highest BCUT2D eigenvalue weighted by Crippen LogP contribution is 2.45. The Balaban J connectivity index is 0.00000189. The van der Waals surface area contributed by atoms with E-state index >= 15 is 0 Å². The molecule has 4 aromatic rings. The highest BCUT2D eigenvalue weighted by molar-refractivity contribution is 8.13. The average Bonchev–Trinajstić information content (AvgIpc) is 3.01. The van der Waals surface area contributed by atoms with Crippen LogP contribution in [0.1, 0.15) is 74.3 Å². The molecule has 2 unspecified atom stereocenters. The average molecular weight is 571 g/mol. The first kappa shape index (κ1) is 30.5. The summed E-state index contributed by atoms with van der Waals surface area (Å²) in [4.78, 5) is 18.1. The normalized spacial score (nSPS) is 17.5. The minimum absolute atomic E-state index is 0.215. The Morgan fingerprint density at radius 3 is 2.02 bits per heavy atom. The van der Waals surface area contributed by atoms with Crippen molar-refractivity contribution in [1.82, 2.24) is 5.32 Å². The summed E-state index contributed by atoms with van der Waals surface area (Å²) in [6.07, 6.45) is -0.922. The number of rotatable bonds is 6. The molecular weight excluding hydrogens is 531 g/mol. The molecule has 0 heterocycles. The first-order valence-electron chi connectivity index (χ1n) is 14.4. The number of nitrogens with zero attached hydrogens (tertiary/aromatic N) is 1. The Bertz CT molecular complexity index is 1490. The molecule has 0 aromatic heterocycles. The third-order valence-corrected chi connectivity index (χ3v) is 8.52. The molecule has 4 aromatic carbocycles. The van der Waals surface area contributed by atoms with Crippen LogP contribution in [-0.4, -0.2) is 28.0 Å². The Morgan fingerprint density at radius 1 is 0.902 bits per heavy atom. The number of carbonyl (C=O) groups is 1. The van der Waals surface area contributed by atoms with Gasteiger partial charge in [-0.15, -0.1) is 0 Å². The van der Waals surface area contributed by atoms with Crippen LogP contribution in [0.15, 0.2) is 89.9 Å². The van der Waals surface area contributed by atoms with Gasteiger partial charge in [-0.3, -0.25) is 9.79 Å². The number of benzene rings is 4. The van der Waals surface area contributed by atoms with Crippen LogP contribution in [0.25, 0.3) is 10.8 Å².